The summed E-state index contributed by atoms with van der Waals surface area (Å²) in [5.41, 5.74) is 1.58. The second kappa shape index (κ2) is 5.78. The standard InChI is InChI=1S/C7H6.C2H5.3CH3.2Sn/c1-7-5-3-2-4-6-7;1-2;;;;;/h3-6H,1H2;1H2,2H3;3*1H3;;. The molecule has 0 saturated heterocycles. The molecule has 1 rings (SSSR count). The number of hydrogen-bond donors (Lipinski definition) is 0. The van der Waals surface area contributed by atoms with Crippen molar-refractivity contribution in [2.45, 2.75) is 30.6 Å². The number of benzene rings is 1. The number of rotatable bonds is 4. The Morgan fingerprint density at radius 1 is 1.07 bits per heavy atom. The summed E-state index contributed by atoms with van der Waals surface area (Å²) < 4.78 is 4.54. The molecule has 0 bridgehead atoms. The van der Waals surface area contributed by atoms with E-state index in [1.165, 1.54) is 8.87 Å². The molecule has 0 fully saturated rings. The predicted octanol–water partition coefficient (Wildman–Crippen LogP) is 2.87. The Bertz CT molecular complexity index is 269. The molecule has 0 aliphatic carbocycles. The second-order valence-electron chi connectivity index (χ2n) is 4.73. The summed E-state index contributed by atoms with van der Waals surface area (Å²) in [6.45, 7) is 2.33. The Kier molecular flexibility index (Phi) is 5.32. The van der Waals surface area contributed by atoms with Gasteiger partial charge >= 0.3 is 104 Å². The van der Waals surface area contributed by atoms with Crippen LogP contribution in [-0.2, 0) is 4.44 Å². The molecule has 0 amide bonds. The summed E-state index contributed by atoms with van der Waals surface area (Å²) in [7, 11) is 0. The van der Waals surface area contributed by atoms with E-state index in [1.54, 1.807) is 9.14 Å². The van der Waals surface area contributed by atoms with Gasteiger partial charge in [-0.25, -0.2) is 0 Å². The van der Waals surface area contributed by atoms with Gasteiger partial charge in [-0.2, -0.15) is 0 Å². The Morgan fingerprint density at radius 2 is 1.64 bits per heavy atom. The topological polar surface area (TPSA) is 0 Å². The molecule has 1 aromatic carbocycles. The molecule has 2 heteroatoms. The number of hydrogen-bond acceptors (Lipinski definition) is 0. The van der Waals surface area contributed by atoms with Crippen LogP contribution >= 0.6 is 0 Å². The van der Waals surface area contributed by atoms with Crippen molar-refractivity contribution >= 4 is 43.1 Å². The zero-order chi connectivity index (χ0) is 10.6. The molecule has 76 valence electrons. The molecule has 0 N–H and O–H groups in total. The monoisotopic (exact) mass is 404 g/mol. The van der Waals surface area contributed by atoms with E-state index in [9.17, 15) is 0 Å². The van der Waals surface area contributed by atoms with Gasteiger partial charge in [0.2, 0.25) is 0 Å². The maximum atomic E-state index is 2.48. The molecule has 14 heavy (non-hydrogen) atoms. The van der Waals surface area contributed by atoms with E-state index in [0.29, 0.717) is 0 Å². The fourth-order valence-corrected chi connectivity index (χ4v) is 6.93. The van der Waals surface area contributed by atoms with E-state index in [2.05, 4.69) is 46.0 Å². The van der Waals surface area contributed by atoms with Crippen molar-refractivity contribution in [1.29, 1.82) is 0 Å². The van der Waals surface area contributed by atoms with E-state index < -0.39 is 18.4 Å². The average molecular weight is 402 g/mol. The molecule has 0 aliphatic rings. The Morgan fingerprint density at radius 3 is 2.07 bits per heavy atom. The van der Waals surface area contributed by atoms with Gasteiger partial charge in [0.1, 0.15) is 0 Å². The first kappa shape index (κ1) is 12.9. The molecular weight excluding hydrogens is 382 g/mol. The fourth-order valence-electron chi connectivity index (χ4n) is 1.39. The molecule has 0 aromatic heterocycles. The summed E-state index contributed by atoms with van der Waals surface area (Å²) in [6, 6.07) is 9.52. The van der Waals surface area contributed by atoms with Crippen molar-refractivity contribution in [3.8, 4) is 0 Å². The molecular formula is C12H20Sn2. The second-order valence-corrected chi connectivity index (χ2v) is 23.7. The van der Waals surface area contributed by atoms with Crippen LogP contribution in [0.2, 0.25) is 19.3 Å². The van der Waals surface area contributed by atoms with Gasteiger partial charge in [-0.3, -0.25) is 0 Å². The molecule has 0 atom stereocenters. The van der Waals surface area contributed by atoms with Gasteiger partial charge in [-0.1, -0.05) is 0 Å². The Hall–Kier alpha value is 0.817. The van der Waals surface area contributed by atoms with Crippen LogP contribution in [0, 0.1) is 0 Å². The summed E-state index contributed by atoms with van der Waals surface area (Å²) in [6.07, 6.45) is 0. The zero-order valence-corrected chi connectivity index (χ0v) is 15.4. The molecule has 1 aromatic rings. The first-order valence-electron chi connectivity index (χ1n) is 5.34. The van der Waals surface area contributed by atoms with E-state index in [4.69, 9.17) is 0 Å². The van der Waals surface area contributed by atoms with Gasteiger partial charge in [0.05, 0.1) is 0 Å². The fraction of sp³-hybridized carbons (Fsp3) is 0.500. The van der Waals surface area contributed by atoms with Crippen LogP contribution in [0.25, 0.3) is 0 Å². The summed E-state index contributed by atoms with van der Waals surface area (Å²) in [5, 5.41) is 0. The molecule has 0 spiro atoms. The molecule has 0 unspecified atom stereocenters. The average Bonchev–Trinajstić information content (AvgIpc) is 2.14. The van der Waals surface area contributed by atoms with Crippen LogP contribution in [0.5, 0.6) is 0 Å². The predicted molar refractivity (Wildman–Crippen MR) is 69.4 cm³/mol. The normalized spacial score (nSPS) is 11.7. The van der Waals surface area contributed by atoms with Gasteiger partial charge < -0.3 is 0 Å². The van der Waals surface area contributed by atoms with Gasteiger partial charge in [0.25, 0.3) is 0 Å². The first-order valence-corrected chi connectivity index (χ1v) is 19.4. The van der Waals surface area contributed by atoms with Crippen molar-refractivity contribution in [3.05, 3.63) is 29.8 Å². The molecule has 0 heterocycles. The van der Waals surface area contributed by atoms with Gasteiger partial charge in [-0.05, 0) is 0 Å². The molecule has 0 saturated carbocycles. The minimum absolute atomic E-state index is 0.0575. The van der Waals surface area contributed by atoms with E-state index in [-0.39, 0.29) is 21.1 Å². The third-order valence-corrected chi connectivity index (χ3v) is 11.6. The van der Waals surface area contributed by atoms with E-state index in [1.807, 2.05) is 0 Å². The summed E-state index contributed by atoms with van der Waals surface area (Å²) in [5.74, 6) is 0. The third-order valence-electron chi connectivity index (χ3n) is 2.40. The zero-order valence-electron chi connectivity index (χ0n) is 9.72. The van der Waals surface area contributed by atoms with Gasteiger partial charge in [-0.15, -0.1) is 0 Å². The van der Waals surface area contributed by atoms with Crippen LogP contribution in [0.1, 0.15) is 12.5 Å². The van der Waals surface area contributed by atoms with E-state index in [0.717, 1.165) is 0 Å². The van der Waals surface area contributed by atoms with Crippen LogP contribution in [0.3, 0.4) is 0 Å². The van der Waals surface area contributed by atoms with Crippen LogP contribution in [0.4, 0.5) is 0 Å². The van der Waals surface area contributed by atoms with Gasteiger partial charge in [0.15, 0.2) is 0 Å². The van der Waals surface area contributed by atoms with Crippen molar-refractivity contribution in [2.75, 3.05) is 0 Å². The molecule has 0 nitrogen and oxygen atoms in total. The maximum absolute atomic E-state index is 2.48. The summed E-state index contributed by atoms with van der Waals surface area (Å²) >= 11 is -1.83. The van der Waals surface area contributed by atoms with Crippen molar-refractivity contribution in [3.63, 3.8) is 0 Å². The van der Waals surface area contributed by atoms with Gasteiger partial charge in [0, 0.05) is 0 Å². The van der Waals surface area contributed by atoms with Crippen molar-refractivity contribution in [2.24, 2.45) is 0 Å². The third kappa shape index (κ3) is 4.13. The van der Waals surface area contributed by atoms with Crippen LogP contribution in [0.15, 0.2) is 24.3 Å². The van der Waals surface area contributed by atoms with Crippen molar-refractivity contribution < 1.29 is 0 Å². The Balaban J connectivity index is 2.69. The summed E-state index contributed by atoms with van der Waals surface area (Å²) in [4.78, 5) is 7.44. The minimum atomic E-state index is -1.77. The molecule has 0 aliphatic heterocycles. The SMILES string of the molecule is C[CH2][Sn][CH2]c1cc[c]([Sn]([CH3])([CH3])[CH3])cc1. The van der Waals surface area contributed by atoms with Crippen LogP contribution < -0.4 is 3.58 Å². The quantitative estimate of drug-likeness (QED) is 0.681. The van der Waals surface area contributed by atoms with Crippen molar-refractivity contribution in [1.82, 2.24) is 0 Å². The molecule has 2 radical (unpaired) electrons. The van der Waals surface area contributed by atoms with Crippen LogP contribution in [-0.4, -0.2) is 39.5 Å². The first-order chi connectivity index (χ1) is 6.54. The van der Waals surface area contributed by atoms with E-state index >= 15 is 0 Å². The Labute approximate surface area is 103 Å².